The van der Waals surface area contributed by atoms with Gasteiger partial charge >= 0.3 is 0 Å². The summed E-state index contributed by atoms with van der Waals surface area (Å²) in [6, 6.07) is 83.3. The molecule has 0 amide bonds. The summed E-state index contributed by atoms with van der Waals surface area (Å²) in [5, 5.41) is 0. The number of fused-ring (bicyclic) bond motifs is 2. The third-order valence-electron chi connectivity index (χ3n) is 11.3. The third-order valence-corrected chi connectivity index (χ3v) is 11.3. The normalized spacial score (nSPS) is 11.3. The van der Waals surface area contributed by atoms with Gasteiger partial charge in [-0.1, -0.05) is 176 Å². The van der Waals surface area contributed by atoms with E-state index in [0.29, 0.717) is 0 Å². The lowest BCUT2D eigenvalue weighted by Gasteiger charge is -2.26. The summed E-state index contributed by atoms with van der Waals surface area (Å²) < 4.78 is 8.72. The molecule has 0 bridgehead atoms. The van der Waals surface area contributed by atoms with Crippen LogP contribution in [0.15, 0.2) is 237 Å². The molecule has 0 spiro atoms. The summed E-state index contributed by atoms with van der Waals surface area (Å²) in [7, 11) is 0. The van der Waals surface area contributed by atoms with E-state index in [1.54, 1.807) is 0 Å². The van der Waals surface area contributed by atoms with Crippen molar-refractivity contribution in [3.05, 3.63) is 249 Å². The number of hydrogen-bond donors (Lipinski definition) is 0. The van der Waals surface area contributed by atoms with Crippen LogP contribution in [0.5, 0.6) is 0 Å². The van der Waals surface area contributed by atoms with E-state index < -0.39 is 0 Å². The van der Waals surface area contributed by atoms with Gasteiger partial charge in [-0.05, 0) is 82.9 Å². The van der Waals surface area contributed by atoms with E-state index in [2.05, 4.69) is 272 Å². The number of benzene rings is 9. The van der Waals surface area contributed by atoms with Gasteiger partial charge in [-0.15, -0.1) is 0 Å². The van der Waals surface area contributed by atoms with E-state index in [1.165, 1.54) is 0 Å². The Morgan fingerprint density at radius 1 is 0.328 bits per heavy atom. The first-order valence-electron chi connectivity index (χ1n) is 20.5. The van der Waals surface area contributed by atoms with Crippen molar-refractivity contribution in [1.82, 2.24) is 9.13 Å². The van der Waals surface area contributed by atoms with Gasteiger partial charge in [0, 0.05) is 17.1 Å². The maximum atomic E-state index is 3.76. The molecule has 5 heteroatoms. The van der Waals surface area contributed by atoms with Crippen molar-refractivity contribution >= 4 is 39.1 Å². The lowest BCUT2D eigenvalue weighted by Crippen LogP contribution is -2.30. The number of rotatable bonds is 9. The average molecular weight is 782 g/mol. The first kappa shape index (κ1) is 35.8. The monoisotopic (exact) mass is 781 g/mol. The Labute approximate surface area is 355 Å². The van der Waals surface area contributed by atoms with Crippen LogP contribution in [0.1, 0.15) is 0 Å². The molecule has 0 saturated heterocycles. The summed E-state index contributed by atoms with van der Waals surface area (Å²) in [5.41, 5.74) is 16.1. The van der Waals surface area contributed by atoms with Gasteiger partial charge in [0.05, 0.1) is 44.8 Å². The minimum Gasteiger partial charge on any atom is -0.311 e. The highest BCUT2D eigenvalue weighted by atomic mass is 15.2. The van der Waals surface area contributed by atoms with Crippen molar-refractivity contribution in [3.63, 3.8) is 0 Å². The Hall–Kier alpha value is -8.28. The van der Waals surface area contributed by atoms with Crippen LogP contribution in [-0.2, 0) is 0 Å². The molecule has 2 aromatic heterocycles. The maximum absolute atomic E-state index is 3.76. The summed E-state index contributed by atoms with van der Waals surface area (Å²) >= 11 is 0. The summed E-state index contributed by atoms with van der Waals surface area (Å²) in [6.45, 7) is 0. The Morgan fingerprint density at radius 3 is 1.18 bits per heavy atom. The second-order valence-corrected chi connectivity index (χ2v) is 15.0. The summed E-state index contributed by atoms with van der Waals surface area (Å²) in [5.74, 6) is 0. The number of nitrogens with zero attached hydrogens (tertiary/aromatic N) is 5. The number of anilines is 3. The highest BCUT2D eigenvalue weighted by Gasteiger charge is 2.20. The Balaban J connectivity index is 1.03. The average Bonchev–Trinajstić information content (AvgIpc) is 3.93. The first-order valence-corrected chi connectivity index (χ1v) is 20.5. The molecule has 2 heterocycles. The van der Waals surface area contributed by atoms with Crippen LogP contribution in [0.25, 0.3) is 67.1 Å². The number of aromatic nitrogens is 4. The van der Waals surface area contributed by atoms with Gasteiger partial charge in [-0.2, -0.15) is 0 Å². The maximum Gasteiger partial charge on any atom is 0.269 e. The van der Waals surface area contributed by atoms with E-state index in [4.69, 9.17) is 0 Å². The minimum atomic E-state index is 1.00. The lowest BCUT2D eigenvalue weighted by molar-refractivity contribution is -0.572. The predicted octanol–water partition coefficient (Wildman–Crippen LogP) is 12.5. The second-order valence-electron chi connectivity index (χ2n) is 15.0. The lowest BCUT2D eigenvalue weighted by atomic mass is 10.0. The minimum absolute atomic E-state index is 1.00. The molecule has 0 unspecified atom stereocenters. The molecule has 5 nitrogen and oxygen atoms in total. The SMILES string of the molecule is [c-]1n(-c2cccc(N(c3ccccc3)c3cccc(-n4[c-][n+](-c5ccccc5-c5ccccc5)c5ccccc54)c3)c2)c2ccccc2[n+]1-c1ccccc1-c1ccccc1. The molecule has 0 atom stereocenters. The summed E-state index contributed by atoms with van der Waals surface area (Å²) in [6.07, 6.45) is 7.52. The molecule has 61 heavy (non-hydrogen) atoms. The fourth-order valence-corrected chi connectivity index (χ4v) is 8.49. The third kappa shape index (κ3) is 6.55. The Morgan fingerprint density at radius 2 is 0.705 bits per heavy atom. The van der Waals surface area contributed by atoms with Crippen LogP contribution >= 0.6 is 0 Å². The van der Waals surface area contributed by atoms with Crippen molar-refractivity contribution < 1.29 is 9.13 Å². The van der Waals surface area contributed by atoms with Crippen molar-refractivity contribution in [3.8, 4) is 45.0 Å². The smallest absolute Gasteiger partial charge is 0.269 e. The van der Waals surface area contributed by atoms with Crippen molar-refractivity contribution in [1.29, 1.82) is 0 Å². The van der Waals surface area contributed by atoms with E-state index >= 15 is 0 Å². The topological polar surface area (TPSA) is 20.9 Å². The molecule has 288 valence electrons. The standard InChI is InChI=1S/C56H39N5/c1-4-20-42(21-5-1)49-30-10-12-32-51(49)59-40-57(53-34-14-16-36-55(53)59)45-26-18-28-47(38-45)61(44-24-8-3-9-25-44)48-29-19-27-46(39-48)58-41-60(56-37-17-15-35-54(56)58)52-33-13-11-31-50(52)43-22-6-2-7-23-43/h1-39H. The molecule has 0 N–H and O–H groups in total. The molecule has 11 aromatic rings. The van der Waals surface area contributed by atoms with Crippen LogP contribution in [0.4, 0.5) is 17.1 Å². The van der Waals surface area contributed by atoms with E-state index in [9.17, 15) is 0 Å². The van der Waals surface area contributed by atoms with Crippen LogP contribution in [-0.4, -0.2) is 9.13 Å². The highest BCUT2D eigenvalue weighted by molar-refractivity contribution is 5.82. The van der Waals surface area contributed by atoms with Gasteiger partial charge in [0.2, 0.25) is 0 Å². The number of hydrogen-bond acceptors (Lipinski definition) is 1. The zero-order valence-corrected chi connectivity index (χ0v) is 33.3. The van der Waals surface area contributed by atoms with Crippen LogP contribution < -0.4 is 14.0 Å². The fourth-order valence-electron chi connectivity index (χ4n) is 8.49. The van der Waals surface area contributed by atoms with Crippen LogP contribution in [0.2, 0.25) is 0 Å². The van der Waals surface area contributed by atoms with Crippen LogP contribution in [0, 0.1) is 12.7 Å². The van der Waals surface area contributed by atoms with Gasteiger partial charge in [0.25, 0.3) is 12.7 Å². The molecule has 0 aliphatic heterocycles. The van der Waals surface area contributed by atoms with E-state index in [1.807, 2.05) is 0 Å². The van der Waals surface area contributed by atoms with Gasteiger partial charge < -0.3 is 4.90 Å². The van der Waals surface area contributed by atoms with Crippen molar-refractivity contribution in [2.24, 2.45) is 0 Å². The quantitative estimate of drug-likeness (QED) is 0.106. The fraction of sp³-hybridized carbons (Fsp3) is 0. The largest absolute Gasteiger partial charge is 0.311 e. The van der Waals surface area contributed by atoms with Gasteiger partial charge in [-0.25, -0.2) is 0 Å². The van der Waals surface area contributed by atoms with E-state index in [0.717, 1.165) is 84.1 Å². The Kier molecular flexibility index (Phi) is 9.10. The predicted molar refractivity (Wildman–Crippen MR) is 246 cm³/mol. The van der Waals surface area contributed by atoms with Gasteiger partial charge in [0.15, 0.2) is 0 Å². The number of imidazole rings is 2. The number of para-hydroxylation sites is 7. The molecular weight excluding hydrogens is 743 g/mol. The molecule has 0 radical (unpaired) electrons. The zero-order chi connectivity index (χ0) is 40.5. The Bertz CT molecular complexity index is 3110. The first-order chi connectivity index (χ1) is 30.3. The molecule has 11 rings (SSSR count). The molecule has 0 aliphatic rings. The molecule has 0 aliphatic carbocycles. The molecule has 9 aromatic carbocycles. The van der Waals surface area contributed by atoms with Crippen molar-refractivity contribution in [2.45, 2.75) is 0 Å². The molecule has 0 saturated carbocycles. The van der Waals surface area contributed by atoms with Crippen molar-refractivity contribution in [2.75, 3.05) is 4.90 Å². The molecular formula is C56H39N5. The van der Waals surface area contributed by atoms with Gasteiger partial charge in [0.1, 0.15) is 0 Å². The highest BCUT2D eigenvalue weighted by Crippen LogP contribution is 2.37. The summed E-state index contributed by atoms with van der Waals surface area (Å²) in [4.78, 5) is 2.32. The van der Waals surface area contributed by atoms with Gasteiger partial charge in [-0.3, -0.25) is 18.3 Å². The van der Waals surface area contributed by atoms with E-state index in [-0.39, 0.29) is 0 Å². The van der Waals surface area contributed by atoms with Crippen LogP contribution in [0.3, 0.4) is 0 Å². The zero-order valence-electron chi connectivity index (χ0n) is 33.3. The second kappa shape index (κ2) is 15.5. The molecule has 0 fully saturated rings.